The molecule has 0 amide bonds. The van der Waals surface area contributed by atoms with Gasteiger partial charge in [0.1, 0.15) is 18.2 Å². The molecule has 0 aliphatic heterocycles. The third-order valence-corrected chi connectivity index (χ3v) is 3.76. The van der Waals surface area contributed by atoms with Crippen molar-refractivity contribution < 1.29 is 9.13 Å². The molecule has 0 fully saturated rings. The maximum absolute atomic E-state index is 13.4. The molecule has 1 nitrogen and oxygen atoms in total. The Morgan fingerprint density at radius 2 is 1.52 bits per heavy atom. The zero-order chi connectivity index (χ0) is 16.1. The Morgan fingerprint density at radius 3 is 2.26 bits per heavy atom. The summed E-state index contributed by atoms with van der Waals surface area (Å²) in [5, 5.41) is 0. The lowest BCUT2D eigenvalue weighted by Gasteiger charge is -2.14. The van der Waals surface area contributed by atoms with E-state index in [-0.39, 0.29) is 11.7 Å². The predicted octanol–water partition coefficient (Wildman–Crippen LogP) is 5.37. The van der Waals surface area contributed by atoms with E-state index in [1.165, 1.54) is 12.1 Å². The van der Waals surface area contributed by atoms with Gasteiger partial charge in [-0.25, -0.2) is 4.39 Å². The van der Waals surface area contributed by atoms with E-state index in [1.54, 1.807) is 6.07 Å². The zero-order valence-electron chi connectivity index (χ0n) is 12.8. The highest BCUT2D eigenvalue weighted by Crippen LogP contribution is 2.27. The van der Waals surface area contributed by atoms with Gasteiger partial charge in [0, 0.05) is 5.92 Å². The predicted molar refractivity (Wildman–Crippen MR) is 90.8 cm³/mol. The largest absolute Gasteiger partial charge is 0.489 e. The fraction of sp³-hybridized carbons (Fsp3) is 0.0952. The highest BCUT2D eigenvalue weighted by molar-refractivity contribution is 5.38. The minimum atomic E-state index is -0.243. The van der Waals surface area contributed by atoms with E-state index in [0.29, 0.717) is 6.61 Å². The van der Waals surface area contributed by atoms with Gasteiger partial charge in [0.2, 0.25) is 0 Å². The first-order valence-electron chi connectivity index (χ1n) is 7.57. The van der Waals surface area contributed by atoms with Crippen LogP contribution in [0.3, 0.4) is 0 Å². The van der Waals surface area contributed by atoms with Gasteiger partial charge in [0.15, 0.2) is 0 Å². The van der Waals surface area contributed by atoms with Crippen LogP contribution in [0.4, 0.5) is 4.39 Å². The van der Waals surface area contributed by atoms with Crippen molar-refractivity contribution in [2.45, 2.75) is 12.5 Å². The highest BCUT2D eigenvalue weighted by atomic mass is 19.1. The van der Waals surface area contributed by atoms with E-state index in [4.69, 9.17) is 4.74 Å². The Kier molecular flexibility index (Phi) is 4.72. The Morgan fingerprint density at radius 1 is 0.826 bits per heavy atom. The van der Waals surface area contributed by atoms with Gasteiger partial charge in [-0.3, -0.25) is 0 Å². The van der Waals surface area contributed by atoms with Gasteiger partial charge in [0.05, 0.1) is 0 Å². The van der Waals surface area contributed by atoms with Gasteiger partial charge in [-0.2, -0.15) is 0 Å². The summed E-state index contributed by atoms with van der Waals surface area (Å²) in [5.41, 5.74) is 2.97. The molecule has 2 heteroatoms. The second kappa shape index (κ2) is 7.10. The summed E-state index contributed by atoms with van der Waals surface area (Å²) in [6.07, 6.45) is 0. The molecule has 0 saturated carbocycles. The average Bonchev–Trinajstić information content (AvgIpc) is 2.60. The van der Waals surface area contributed by atoms with Gasteiger partial charge in [-0.15, -0.1) is 0 Å². The lowest BCUT2D eigenvalue weighted by molar-refractivity contribution is 0.306. The van der Waals surface area contributed by atoms with Crippen molar-refractivity contribution in [2.24, 2.45) is 0 Å². The molecule has 1 unspecified atom stereocenters. The summed E-state index contributed by atoms with van der Waals surface area (Å²) in [6.45, 7) is 4.68. The first-order valence-corrected chi connectivity index (χ1v) is 7.57. The molecular weight excluding hydrogens is 287 g/mol. The summed E-state index contributed by atoms with van der Waals surface area (Å²) in [5.74, 6) is 0.412. The topological polar surface area (TPSA) is 9.23 Å². The van der Waals surface area contributed by atoms with E-state index in [9.17, 15) is 4.39 Å². The minimum Gasteiger partial charge on any atom is -0.489 e. The van der Waals surface area contributed by atoms with Crippen LogP contribution in [0.1, 0.15) is 22.6 Å². The SMILES string of the molecule is [CH2]C(c1cccc(F)c1)c1cccc(OCc2ccccc2)c1. The molecule has 0 N–H and O–H groups in total. The molecule has 3 rings (SSSR count). The monoisotopic (exact) mass is 305 g/mol. The third-order valence-electron chi connectivity index (χ3n) is 3.76. The maximum atomic E-state index is 13.4. The summed E-state index contributed by atoms with van der Waals surface area (Å²) in [4.78, 5) is 0. The lowest BCUT2D eigenvalue weighted by atomic mass is 9.93. The molecule has 0 aliphatic carbocycles. The Bertz CT molecular complexity index is 768. The van der Waals surface area contributed by atoms with Crippen molar-refractivity contribution >= 4 is 0 Å². The number of ether oxygens (including phenoxy) is 1. The second-order valence-corrected chi connectivity index (χ2v) is 5.45. The van der Waals surface area contributed by atoms with E-state index in [2.05, 4.69) is 6.92 Å². The molecule has 3 aromatic rings. The van der Waals surface area contributed by atoms with E-state index in [0.717, 1.165) is 22.4 Å². The first kappa shape index (κ1) is 15.3. The molecule has 1 atom stereocenters. The van der Waals surface area contributed by atoms with Gasteiger partial charge in [0.25, 0.3) is 0 Å². The lowest BCUT2D eigenvalue weighted by Crippen LogP contribution is -1.99. The van der Waals surface area contributed by atoms with Crippen LogP contribution < -0.4 is 4.74 Å². The summed E-state index contributed by atoms with van der Waals surface area (Å²) in [7, 11) is 0. The summed E-state index contributed by atoms with van der Waals surface area (Å²) < 4.78 is 19.2. The van der Waals surface area contributed by atoms with Crippen molar-refractivity contribution in [3.8, 4) is 5.75 Å². The number of benzene rings is 3. The van der Waals surface area contributed by atoms with Crippen LogP contribution in [0.25, 0.3) is 0 Å². The van der Waals surface area contributed by atoms with Gasteiger partial charge in [-0.05, 0) is 47.9 Å². The van der Waals surface area contributed by atoms with Gasteiger partial charge < -0.3 is 4.74 Å². The molecule has 23 heavy (non-hydrogen) atoms. The zero-order valence-corrected chi connectivity index (χ0v) is 12.8. The van der Waals surface area contributed by atoms with Crippen molar-refractivity contribution in [3.63, 3.8) is 0 Å². The number of hydrogen-bond acceptors (Lipinski definition) is 1. The van der Waals surface area contributed by atoms with Crippen LogP contribution in [0, 0.1) is 12.7 Å². The van der Waals surface area contributed by atoms with E-state index in [1.807, 2.05) is 60.7 Å². The molecular formula is C21H18FO. The fourth-order valence-electron chi connectivity index (χ4n) is 2.48. The van der Waals surface area contributed by atoms with Crippen molar-refractivity contribution in [1.29, 1.82) is 0 Å². The molecule has 0 spiro atoms. The van der Waals surface area contributed by atoms with Crippen LogP contribution >= 0.6 is 0 Å². The molecule has 115 valence electrons. The smallest absolute Gasteiger partial charge is 0.123 e. The van der Waals surface area contributed by atoms with Crippen LogP contribution in [-0.4, -0.2) is 0 Å². The number of rotatable bonds is 5. The van der Waals surface area contributed by atoms with Crippen LogP contribution in [-0.2, 0) is 6.61 Å². The Labute approximate surface area is 136 Å². The Balaban J connectivity index is 1.74. The average molecular weight is 305 g/mol. The molecule has 0 saturated heterocycles. The highest BCUT2D eigenvalue weighted by Gasteiger charge is 2.10. The Hall–Kier alpha value is -2.61. The quantitative estimate of drug-likeness (QED) is 0.615. The van der Waals surface area contributed by atoms with E-state index < -0.39 is 0 Å². The van der Waals surface area contributed by atoms with Gasteiger partial charge in [-0.1, -0.05) is 54.6 Å². The number of halogens is 1. The summed E-state index contributed by atoms with van der Waals surface area (Å²) in [6, 6.07) is 24.4. The first-order chi connectivity index (χ1) is 11.2. The van der Waals surface area contributed by atoms with Crippen molar-refractivity contribution in [2.75, 3.05) is 0 Å². The van der Waals surface area contributed by atoms with Crippen molar-refractivity contribution in [1.82, 2.24) is 0 Å². The van der Waals surface area contributed by atoms with E-state index >= 15 is 0 Å². The van der Waals surface area contributed by atoms with Crippen LogP contribution in [0.15, 0.2) is 78.9 Å². The van der Waals surface area contributed by atoms with Crippen LogP contribution in [0.2, 0.25) is 0 Å². The molecule has 1 radical (unpaired) electrons. The molecule has 0 bridgehead atoms. The molecule has 0 heterocycles. The fourth-order valence-corrected chi connectivity index (χ4v) is 2.48. The molecule has 0 aromatic heterocycles. The second-order valence-electron chi connectivity index (χ2n) is 5.45. The van der Waals surface area contributed by atoms with Gasteiger partial charge >= 0.3 is 0 Å². The van der Waals surface area contributed by atoms with Crippen LogP contribution in [0.5, 0.6) is 5.75 Å². The third kappa shape index (κ3) is 3.98. The number of hydrogen-bond donors (Lipinski definition) is 0. The van der Waals surface area contributed by atoms with Crippen molar-refractivity contribution in [3.05, 3.63) is 108 Å². The standard InChI is InChI=1S/C21H18FO/c1-16(18-9-5-11-20(22)13-18)19-10-6-12-21(14-19)23-15-17-7-3-2-4-8-17/h2-14,16H,1,15H2. The minimum absolute atomic E-state index is 0.133. The normalized spacial score (nSPS) is 11.9. The summed E-state index contributed by atoms with van der Waals surface area (Å²) >= 11 is 0. The molecule has 3 aromatic carbocycles. The molecule has 0 aliphatic rings. The maximum Gasteiger partial charge on any atom is 0.123 e.